The molecular weight excluding hydrogens is 452 g/mol. The fourth-order valence-electron chi connectivity index (χ4n) is 2.94. The van der Waals surface area contributed by atoms with Crippen molar-refractivity contribution in [2.75, 3.05) is 6.61 Å². The van der Waals surface area contributed by atoms with E-state index in [1.807, 2.05) is 31.2 Å². The maximum atomic E-state index is 12.3. The number of aliphatic imine (C=N–C) groups is 1. The Morgan fingerprint density at radius 2 is 2.00 bits per heavy atom. The summed E-state index contributed by atoms with van der Waals surface area (Å²) in [6.45, 7) is 2.50. The van der Waals surface area contributed by atoms with Gasteiger partial charge in [-0.25, -0.2) is 9.79 Å². The number of nitrogens with zero attached hydrogens (tertiary/aromatic N) is 1. The first-order valence-corrected chi connectivity index (χ1v) is 10.8. The number of aromatic carboxylic acids is 1. The number of nitrogens with one attached hydrogen (secondary N) is 1. The summed E-state index contributed by atoms with van der Waals surface area (Å²) >= 11 is 7.24. The molecule has 2 N–H and O–H groups in total. The number of carbonyl (C=O) groups excluding carboxylic acids is 1. The Kier molecular flexibility index (Phi) is 6.34. The number of halogens is 1. The van der Waals surface area contributed by atoms with E-state index in [0.717, 1.165) is 5.75 Å². The SMILES string of the molecule is CCOc1ccc(N=C2NC(=O)/C(=C\c3ccc(-c4ccc(C(=O)O)c(Cl)c4)o3)S2)cc1. The van der Waals surface area contributed by atoms with Gasteiger partial charge >= 0.3 is 5.97 Å². The Bertz CT molecular complexity index is 1250. The molecule has 0 saturated carbocycles. The van der Waals surface area contributed by atoms with Crippen LogP contribution in [0.4, 0.5) is 5.69 Å². The molecule has 9 heteroatoms. The first-order chi connectivity index (χ1) is 15.4. The van der Waals surface area contributed by atoms with Crippen LogP contribution in [0, 0.1) is 0 Å². The first-order valence-electron chi connectivity index (χ1n) is 9.58. The molecule has 0 atom stereocenters. The van der Waals surface area contributed by atoms with Crippen molar-refractivity contribution in [2.24, 2.45) is 4.99 Å². The molecule has 1 aliphatic heterocycles. The van der Waals surface area contributed by atoms with Crippen LogP contribution in [-0.2, 0) is 4.79 Å². The van der Waals surface area contributed by atoms with Gasteiger partial charge in [-0.05, 0) is 67.2 Å². The quantitative estimate of drug-likeness (QED) is 0.457. The van der Waals surface area contributed by atoms with Crippen molar-refractivity contribution in [1.82, 2.24) is 5.32 Å². The lowest BCUT2D eigenvalue weighted by molar-refractivity contribution is -0.115. The average Bonchev–Trinajstić information content (AvgIpc) is 3.36. The summed E-state index contributed by atoms with van der Waals surface area (Å²) < 4.78 is 11.2. The number of rotatable bonds is 6. The number of ether oxygens (including phenoxy) is 1. The van der Waals surface area contributed by atoms with Crippen molar-refractivity contribution in [1.29, 1.82) is 0 Å². The van der Waals surface area contributed by atoms with Crippen LogP contribution in [0.15, 0.2) is 68.9 Å². The Morgan fingerprint density at radius 3 is 2.69 bits per heavy atom. The molecule has 2 heterocycles. The third kappa shape index (κ3) is 4.87. The van der Waals surface area contributed by atoms with E-state index in [9.17, 15) is 9.59 Å². The molecular formula is C23H17ClN2O5S. The number of carboxylic acid groups (broad SMARTS) is 1. The van der Waals surface area contributed by atoms with Gasteiger partial charge in [0.25, 0.3) is 5.91 Å². The Morgan fingerprint density at radius 1 is 1.22 bits per heavy atom. The first kappa shape index (κ1) is 21.7. The minimum atomic E-state index is -1.10. The maximum Gasteiger partial charge on any atom is 0.337 e. The monoisotopic (exact) mass is 468 g/mol. The summed E-state index contributed by atoms with van der Waals surface area (Å²) in [5.41, 5.74) is 1.34. The van der Waals surface area contributed by atoms with Gasteiger partial charge in [-0.2, -0.15) is 0 Å². The molecule has 1 aliphatic rings. The number of furan rings is 1. The van der Waals surface area contributed by atoms with Crippen LogP contribution < -0.4 is 10.1 Å². The van der Waals surface area contributed by atoms with Gasteiger partial charge in [-0.15, -0.1) is 0 Å². The van der Waals surface area contributed by atoms with Crippen molar-refractivity contribution in [2.45, 2.75) is 6.92 Å². The second-order valence-electron chi connectivity index (χ2n) is 6.61. The molecule has 2 aromatic carbocycles. The molecule has 162 valence electrons. The zero-order valence-electron chi connectivity index (χ0n) is 16.8. The highest BCUT2D eigenvalue weighted by Gasteiger charge is 2.24. The molecule has 3 aromatic rings. The van der Waals surface area contributed by atoms with E-state index in [2.05, 4.69) is 10.3 Å². The molecule has 1 saturated heterocycles. The highest BCUT2D eigenvalue weighted by atomic mass is 35.5. The van der Waals surface area contributed by atoms with Crippen LogP contribution in [0.1, 0.15) is 23.0 Å². The number of hydrogen-bond donors (Lipinski definition) is 2. The molecule has 32 heavy (non-hydrogen) atoms. The van der Waals surface area contributed by atoms with E-state index in [4.69, 9.17) is 25.9 Å². The van der Waals surface area contributed by atoms with Crippen LogP contribution in [-0.4, -0.2) is 28.8 Å². The topological polar surface area (TPSA) is 101 Å². The molecule has 4 rings (SSSR count). The molecule has 0 spiro atoms. The molecule has 1 fully saturated rings. The van der Waals surface area contributed by atoms with Crippen molar-refractivity contribution in [3.63, 3.8) is 0 Å². The van der Waals surface area contributed by atoms with Gasteiger partial charge in [0.1, 0.15) is 17.3 Å². The summed E-state index contributed by atoms with van der Waals surface area (Å²) in [7, 11) is 0. The molecule has 0 unspecified atom stereocenters. The molecule has 7 nitrogen and oxygen atoms in total. The van der Waals surface area contributed by atoms with Crippen LogP contribution in [0.5, 0.6) is 5.75 Å². The van der Waals surface area contributed by atoms with Crippen LogP contribution in [0.2, 0.25) is 5.02 Å². The standard InChI is InChI=1S/C23H17ClN2O5S/c1-2-30-15-6-4-14(5-7-15)25-23-26-21(27)20(32-23)12-16-8-10-19(31-16)13-3-9-17(22(28)29)18(24)11-13/h3-12H,2H2,1H3,(H,28,29)(H,25,26,27)/b20-12+. The zero-order valence-corrected chi connectivity index (χ0v) is 18.4. The largest absolute Gasteiger partial charge is 0.494 e. The van der Waals surface area contributed by atoms with Crippen molar-refractivity contribution < 1.29 is 23.8 Å². The summed E-state index contributed by atoms with van der Waals surface area (Å²) in [5, 5.41) is 12.4. The number of hydrogen-bond acceptors (Lipinski definition) is 6. The number of thioether (sulfide) groups is 1. The average molecular weight is 469 g/mol. The Hall–Kier alpha value is -3.49. The summed E-state index contributed by atoms with van der Waals surface area (Å²) in [6, 6.07) is 15.3. The minimum Gasteiger partial charge on any atom is -0.494 e. The van der Waals surface area contributed by atoms with E-state index in [-0.39, 0.29) is 16.5 Å². The van der Waals surface area contributed by atoms with Gasteiger partial charge in [0.2, 0.25) is 0 Å². The van der Waals surface area contributed by atoms with Gasteiger partial charge < -0.3 is 19.6 Å². The van der Waals surface area contributed by atoms with E-state index in [0.29, 0.717) is 39.5 Å². The fourth-order valence-corrected chi connectivity index (χ4v) is 4.02. The number of amidine groups is 1. The maximum absolute atomic E-state index is 12.3. The molecule has 0 bridgehead atoms. The van der Waals surface area contributed by atoms with Crippen molar-refractivity contribution in [3.05, 3.63) is 75.8 Å². The Balaban J connectivity index is 1.50. The second-order valence-corrected chi connectivity index (χ2v) is 8.05. The van der Waals surface area contributed by atoms with E-state index in [1.165, 1.54) is 23.9 Å². The second kappa shape index (κ2) is 9.33. The number of amides is 1. The Labute approximate surface area is 192 Å². The summed E-state index contributed by atoms with van der Waals surface area (Å²) in [5.74, 6) is 0.360. The predicted molar refractivity (Wildman–Crippen MR) is 125 cm³/mol. The minimum absolute atomic E-state index is 0.0164. The molecule has 0 radical (unpaired) electrons. The molecule has 1 aromatic heterocycles. The number of benzene rings is 2. The van der Waals surface area contributed by atoms with Gasteiger partial charge in [0, 0.05) is 11.6 Å². The van der Waals surface area contributed by atoms with Gasteiger partial charge in [0.15, 0.2) is 5.17 Å². The van der Waals surface area contributed by atoms with Gasteiger partial charge in [0.05, 0.1) is 27.8 Å². The fraction of sp³-hybridized carbons (Fsp3) is 0.0870. The highest BCUT2D eigenvalue weighted by Crippen LogP contribution is 2.31. The normalized spacial score (nSPS) is 15.9. The lowest BCUT2D eigenvalue weighted by Gasteiger charge is -2.02. The van der Waals surface area contributed by atoms with Crippen LogP contribution >= 0.6 is 23.4 Å². The number of carboxylic acids is 1. The predicted octanol–water partition coefficient (Wildman–Crippen LogP) is 5.59. The highest BCUT2D eigenvalue weighted by molar-refractivity contribution is 8.18. The third-order valence-electron chi connectivity index (χ3n) is 4.41. The molecule has 0 aliphatic carbocycles. The van der Waals surface area contributed by atoms with E-state index < -0.39 is 5.97 Å². The van der Waals surface area contributed by atoms with Gasteiger partial charge in [-0.3, -0.25) is 4.79 Å². The third-order valence-corrected chi connectivity index (χ3v) is 5.64. The van der Waals surface area contributed by atoms with E-state index >= 15 is 0 Å². The van der Waals surface area contributed by atoms with Crippen molar-refractivity contribution >= 4 is 52.2 Å². The number of carbonyl (C=O) groups is 2. The van der Waals surface area contributed by atoms with Gasteiger partial charge in [-0.1, -0.05) is 17.7 Å². The smallest absolute Gasteiger partial charge is 0.337 e. The summed E-state index contributed by atoms with van der Waals surface area (Å²) in [4.78, 5) is 28.3. The summed E-state index contributed by atoms with van der Waals surface area (Å²) in [6.07, 6.45) is 1.62. The lowest BCUT2D eigenvalue weighted by atomic mass is 10.1. The van der Waals surface area contributed by atoms with Crippen molar-refractivity contribution in [3.8, 4) is 17.1 Å². The van der Waals surface area contributed by atoms with Crippen LogP contribution in [0.3, 0.4) is 0 Å². The van der Waals surface area contributed by atoms with Crippen LogP contribution in [0.25, 0.3) is 17.4 Å². The molecule has 1 amide bonds. The zero-order chi connectivity index (χ0) is 22.7. The lowest BCUT2D eigenvalue weighted by Crippen LogP contribution is -2.19. The van der Waals surface area contributed by atoms with E-state index in [1.54, 1.807) is 24.3 Å².